The van der Waals surface area contributed by atoms with Gasteiger partial charge in [-0.3, -0.25) is 0 Å². The van der Waals surface area contributed by atoms with Gasteiger partial charge in [-0.15, -0.1) is 0 Å². The van der Waals surface area contributed by atoms with Gasteiger partial charge in [0.2, 0.25) is 0 Å². The molecule has 20 heavy (non-hydrogen) atoms. The molecule has 0 saturated carbocycles. The predicted octanol–water partition coefficient (Wildman–Crippen LogP) is 2.35. The fourth-order valence-electron chi connectivity index (χ4n) is 3.48. The molecular formula is C16H27N3O. The zero-order chi connectivity index (χ0) is 14.5. The van der Waals surface area contributed by atoms with Gasteiger partial charge >= 0.3 is 0 Å². The molecule has 1 fully saturated rings. The molecule has 4 heteroatoms. The molecule has 112 valence electrons. The zero-order valence-corrected chi connectivity index (χ0v) is 13.4. The highest BCUT2D eigenvalue weighted by Crippen LogP contribution is 2.39. The van der Waals surface area contributed by atoms with E-state index in [1.165, 1.54) is 17.2 Å². The zero-order valence-electron chi connectivity index (χ0n) is 13.4. The third-order valence-electron chi connectivity index (χ3n) is 4.92. The molecule has 0 radical (unpaired) electrons. The van der Waals surface area contributed by atoms with Gasteiger partial charge in [0.05, 0.1) is 17.3 Å². The molecular weight excluding hydrogens is 250 g/mol. The molecule has 3 rings (SSSR count). The summed E-state index contributed by atoms with van der Waals surface area (Å²) < 4.78 is 8.42. The van der Waals surface area contributed by atoms with Gasteiger partial charge in [0.25, 0.3) is 0 Å². The van der Waals surface area contributed by atoms with Crippen LogP contribution in [-0.2, 0) is 28.7 Å². The van der Waals surface area contributed by atoms with Crippen LogP contribution in [0.4, 0.5) is 0 Å². The van der Waals surface area contributed by atoms with Gasteiger partial charge in [0.1, 0.15) is 5.82 Å². The molecule has 1 saturated heterocycles. The van der Waals surface area contributed by atoms with E-state index < -0.39 is 0 Å². The van der Waals surface area contributed by atoms with Crippen LogP contribution in [0.25, 0.3) is 0 Å². The summed E-state index contributed by atoms with van der Waals surface area (Å²) in [6.07, 6.45) is 2.39. The monoisotopic (exact) mass is 277 g/mol. The van der Waals surface area contributed by atoms with Crippen molar-refractivity contribution < 1.29 is 4.74 Å². The van der Waals surface area contributed by atoms with Crippen molar-refractivity contribution in [2.45, 2.75) is 71.1 Å². The van der Waals surface area contributed by atoms with Crippen molar-refractivity contribution in [3.05, 3.63) is 17.2 Å². The molecule has 0 spiro atoms. The molecule has 0 aromatic carbocycles. The highest BCUT2D eigenvalue weighted by atomic mass is 16.5. The average molecular weight is 277 g/mol. The van der Waals surface area contributed by atoms with Crippen molar-refractivity contribution in [1.82, 2.24) is 14.9 Å². The van der Waals surface area contributed by atoms with E-state index >= 15 is 0 Å². The van der Waals surface area contributed by atoms with Gasteiger partial charge in [0, 0.05) is 37.2 Å². The van der Waals surface area contributed by atoms with E-state index in [9.17, 15) is 0 Å². The van der Waals surface area contributed by atoms with Crippen molar-refractivity contribution in [3.8, 4) is 0 Å². The Morgan fingerprint density at radius 1 is 1.40 bits per heavy atom. The van der Waals surface area contributed by atoms with Crippen LogP contribution in [0.15, 0.2) is 0 Å². The molecule has 4 nitrogen and oxygen atoms in total. The van der Waals surface area contributed by atoms with Crippen LogP contribution in [-0.4, -0.2) is 28.8 Å². The Morgan fingerprint density at radius 2 is 2.15 bits per heavy atom. The molecule has 1 N–H and O–H groups in total. The summed E-state index contributed by atoms with van der Waals surface area (Å²) in [5.41, 5.74) is 2.76. The van der Waals surface area contributed by atoms with E-state index in [0.29, 0.717) is 0 Å². The summed E-state index contributed by atoms with van der Waals surface area (Å²) in [7, 11) is 0. The first kappa shape index (κ1) is 14.1. The summed E-state index contributed by atoms with van der Waals surface area (Å²) in [5.74, 6) is 1.21. The van der Waals surface area contributed by atoms with E-state index in [2.05, 4.69) is 44.5 Å². The first-order chi connectivity index (χ1) is 9.34. The molecule has 1 aromatic rings. The van der Waals surface area contributed by atoms with Crippen LogP contribution < -0.4 is 5.32 Å². The maximum Gasteiger partial charge on any atom is 0.115 e. The van der Waals surface area contributed by atoms with Crippen molar-refractivity contribution in [1.29, 1.82) is 0 Å². The topological polar surface area (TPSA) is 39.1 Å². The quantitative estimate of drug-likeness (QED) is 0.856. The lowest BCUT2D eigenvalue weighted by atomic mass is 9.89. The molecule has 2 aliphatic heterocycles. The molecule has 0 amide bonds. The fourth-order valence-corrected chi connectivity index (χ4v) is 3.48. The Labute approximate surface area is 121 Å². The van der Waals surface area contributed by atoms with E-state index in [0.717, 1.165) is 32.5 Å². The molecule has 0 bridgehead atoms. The van der Waals surface area contributed by atoms with Crippen molar-refractivity contribution >= 4 is 0 Å². The maximum absolute atomic E-state index is 5.89. The largest absolute Gasteiger partial charge is 0.376 e. The van der Waals surface area contributed by atoms with E-state index in [4.69, 9.17) is 9.72 Å². The first-order valence-corrected chi connectivity index (χ1v) is 7.78. The predicted molar refractivity (Wildman–Crippen MR) is 80.0 cm³/mol. The number of imidazole rings is 1. The number of hydrogen-bond acceptors (Lipinski definition) is 3. The average Bonchev–Trinajstić information content (AvgIpc) is 2.91. The molecule has 3 heterocycles. The van der Waals surface area contributed by atoms with Crippen LogP contribution in [0.3, 0.4) is 0 Å². The summed E-state index contributed by atoms with van der Waals surface area (Å²) >= 11 is 0. The Morgan fingerprint density at radius 3 is 2.75 bits per heavy atom. The van der Waals surface area contributed by atoms with E-state index in [1.807, 2.05) is 0 Å². The van der Waals surface area contributed by atoms with Gasteiger partial charge < -0.3 is 14.6 Å². The molecule has 2 aliphatic rings. The van der Waals surface area contributed by atoms with Crippen molar-refractivity contribution in [3.63, 3.8) is 0 Å². The van der Waals surface area contributed by atoms with Crippen LogP contribution >= 0.6 is 0 Å². The molecule has 0 aliphatic carbocycles. The number of aromatic nitrogens is 2. The summed E-state index contributed by atoms with van der Waals surface area (Å²) in [6.45, 7) is 14.1. The lowest BCUT2D eigenvalue weighted by Crippen LogP contribution is -2.42. The van der Waals surface area contributed by atoms with Gasteiger partial charge in [-0.1, -0.05) is 20.8 Å². The summed E-state index contributed by atoms with van der Waals surface area (Å²) in [6, 6.07) is 0. The Hall–Kier alpha value is -0.870. The lowest BCUT2D eigenvalue weighted by molar-refractivity contribution is 0.0723. The van der Waals surface area contributed by atoms with E-state index in [-0.39, 0.29) is 17.1 Å². The number of fused-ring (bicyclic) bond motifs is 1. The molecule has 2 unspecified atom stereocenters. The second-order valence-electron chi connectivity index (χ2n) is 7.46. The van der Waals surface area contributed by atoms with Crippen LogP contribution in [0.5, 0.6) is 0 Å². The van der Waals surface area contributed by atoms with Gasteiger partial charge in [-0.05, 0) is 20.3 Å². The number of nitrogens with one attached hydrogen (secondary N) is 1. The number of ether oxygens (including phenoxy) is 1. The summed E-state index contributed by atoms with van der Waals surface area (Å²) in [4.78, 5) is 4.99. The van der Waals surface area contributed by atoms with Gasteiger partial charge in [0.15, 0.2) is 0 Å². The minimum absolute atomic E-state index is 0.0422. The van der Waals surface area contributed by atoms with Crippen molar-refractivity contribution in [2.75, 3.05) is 13.2 Å². The lowest BCUT2D eigenvalue weighted by Gasteiger charge is -2.36. The van der Waals surface area contributed by atoms with Crippen LogP contribution in [0.2, 0.25) is 0 Å². The summed E-state index contributed by atoms with van der Waals surface area (Å²) in [5, 5.41) is 3.44. The highest BCUT2D eigenvalue weighted by molar-refractivity contribution is 5.26. The van der Waals surface area contributed by atoms with Crippen LogP contribution in [0, 0.1) is 0 Å². The van der Waals surface area contributed by atoms with Crippen molar-refractivity contribution in [2.24, 2.45) is 0 Å². The van der Waals surface area contributed by atoms with Crippen LogP contribution in [0.1, 0.15) is 58.3 Å². The fraction of sp³-hybridized carbons (Fsp3) is 0.812. The third-order valence-corrected chi connectivity index (χ3v) is 4.92. The minimum atomic E-state index is 0.0422. The highest BCUT2D eigenvalue weighted by Gasteiger charge is 2.43. The second kappa shape index (κ2) is 4.57. The maximum atomic E-state index is 5.89. The Kier molecular flexibility index (Phi) is 3.22. The number of rotatable bonds is 1. The number of hydrogen-bond donors (Lipinski definition) is 1. The van der Waals surface area contributed by atoms with Gasteiger partial charge in [-0.2, -0.15) is 0 Å². The minimum Gasteiger partial charge on any atom is -0.376 e. The second-order valence-corrected chi connectivity index (χ2v) is 7.46. The first-order valence-electron chi connectivity index (χ1n) is 7.78. The Bertz CT molecular complexity index is 515. The SMILES string of the molecule is CC1OCCC1(C)n1c(C(C)(C)C)nc2c1CCNC2. The molecule has 1 aromatic heterocycles. The third kappa shape index (κ3) is 2.01. The standard InChI is InChI=1S/C16H27N3O/c1-11-16(5,7-9-20-11)19-13-6-8-17-10-12(13)18-14(19)15(2,3)4/h11,17H,6-10H2,1-5H3. The smallest absolute Gasteiger partial charge is 0.115 e. The normalized spacial score (nSPS) is 30.6. The Balaban J connectivity index is 2.19. The number of nitrogens with zero attached hydrogens (tertiary/aromatic N) is 2. The van der Waals surface area contributed by atoms with E-state index in [1.54, 1.807) is 0 Å². The molecule has 2 atom stereocenters. The van der Waals surface area contributed by atoms with Gasteiger partial charge in [-0.25, -0.2) is 4.98 Å².